The molecule has 0 unspecified atom stereocenters. The fourth-order valence-corrected chi connectivity index (χ4v) is 1.78. The van der Waals surface area contributed by atoms with Crippen LogP contribution in [0.15, 0.2) is 24.5 Å². The van der Waals surface area contributed by atoms with Crippen molar-refractivity contribution >= 4 is 22.5 Å². The third-order valence-electron chi connectivity index (χ3n) is 2.22. The average molecular weight is 207 g/mol. The van der Waals surface area contributed by atoms with Gasteiger partial charge in [0.05, 0.1) is 5.52 Å². The topological polar surface area (TPSA) is 25.8 Å². The lowest BCUT2D eigenvalue weighted by atomic mass is 10.1. The van der Waals surface area contributed by atoms with E-state index in [0.29, 0.717) is 5.15 Å². The summed E-state index contributed by atoms with van der Waals surface area (Å²) in [7, 11) is 0. The van der Waals surface area contributed by atoms with Crippen molar-refractivity contribution in [3.63, 3.8) is 0 Å². The number of para-hydroxylation sites is 1. The molecule has 0 saturated heterocycles. The Kier molecular flexibility index (Phi) is 2.64. The van der Waals surface area contributed by atoms with Gasteiger partial charge < -0.3 is 0 Å². The Hall–Kier alpha value is -1.15. The zero-order chi connectivity index (χ0) is 9.97. The van der Waals surface area contributed by atoms with Gasteiger partial charge in [0.2, 0.25) is 0 Å². The Morgan fingerprint density at radius 2 is 2.14 bits per heavy atom. The molecule has 0 bridgehead atoms. The molecule has 0 radical (unpaired) electrons. The fraction of sp³-hybridized carbons (Fsp3) is 0.273. The summed E-state index contributed by atoms with van der Waals surface area (Å²) >= 11 is 5.98. The van der Waals surface area contributed by atoms with Crippen molar-refractivity contribution in [3.8, 4) is 0 Å². The smallest absolute Gasteiger partial charge is 0.140 e. The molecule has 0 aliphatic carbocycles. The van der Waals surface area contributed by atoms with Crippen molar-refractivity contribution in [2.45, 2.75) is 19.8 Å². The van der Waals surface area contributed by atoms with E-state index in [0.717, 1.165) is 23.7 Å². The lowest BCUT2D eigenvalue weighted by molar-refractivity contribution is 0.925. The minimum absolute atomic E-state index is 0.535. The second-order valence-electron chi connectivity index (χ2n) is 3.23. The maximum absolute atomic E-state index is 5.98. The predicted molar refractivity (Wildman–Crippen MR) is 58.5 cm³/mol. The van der Waals surface area contributed by atoms with Gasteiger partial charge in [0, 0.05) is 5.39 Å². The lowest BCUT2D eigenvalue weighted by Crippen LogP contribution is -1.90. The van der Waals surface area contributed by atoms with E-state index in [-0.39, 0.29) is 0 Å². The van der Waals surface area contributed by atoms with Gasteiger partial charge in [-0.15, -0.1) is 0 Å². The molecule has 0 N–H and O–H groups in total. The van der Waals surface area contributed by atoms with Crippen LogP contribution in [0.2, 0.25) is 5.15 Å². The second kappa shape index (κ2) is 3.93. The summed E-state index contributed by atoms with van der Waals surface area (Å²) in [4.78, 5) is 8.23. The van der Waals surface area contributed by atoms with Gasteiger partial charge in [-0.1, -0.05) is 37.1 Å². The highest BCUT2D eigenvalue weighted by Gasteiger charge is 2.04. The van der Waals surface area contributed by atoms with Crippen LogP contribution in [0, 0.1) is 0 Å². The number of fused-ring (bicyclic) bond motifs is 1. The first-order valence-electron chi connectivity index (χ1n) is 4.71. The van der Waals surface area contributed by atoms with E-state index in [1.807, 2.05) is 12.1 Å². The summed E-state index contributed by atoms with van der Waals surface area (Å²) in [5.41, 5.74) is 2.23. The number of aryl methyl sites for hydroxylation is 1. The molecular formula is C11H11ClN2. The molecule has 0 saturated carbocycles. The van der Waals surface area contributed by atoms with Gasteiger partial charge in [-0.05, 0) is 18.1 Å². The van der Waals surface area contributed by atoms with Crippen LogP contribution in [0.3, 0.4) is 0 Å². The molecule has 2 nitrogen and oxygen atoms in total. The van der Waals surface area contributed by atoms with Crippen molar-refractivity contribution in [3.05, 3.63) is 35.2 Å². The molecule has 0 fully saturated rings. The van der Waals surface area contributed by atoms with Crippen LogP contribution in [0.25, 0.3) is 10.9 Å². The Balaban J connectivity index is 2.68. The van der Waals surface area contributed by atoms with Crippen molar-refractivity contribution in [2.24, 2.45) is 0 Å². The molecule has 2 rings (SSSR count). The summed E-state index contributed by atoms with van der Waals surface area (Å²) in [6.45, 7) is 2.15. The van der Waals surface area contributed by atoms with E-state index in [9.17, 15) is 0 Å². The molecule has 0 atom stereocenters. The van der Waals surface area contributed by atoms with Crippen LogP contribution in [0.1, 0.15) is 18.9 Å². The summed E-state index contributed by atoms with van der Waals surface area (Å²) in [6.07, 6.45) is 3.66. The van der Waals surface area contributed by atoms with Crippen molar-refractivity contribution in [1.29, 1.82) is 0 Å². The first-order chi connectivity index (χ1) is 6.83. The molecule has 1 heterocycles. The van der Waals surface area contributed by atoms with Gasteiger partial charge >= 0.3 is 0 Å². The van der Waals surface area contributed by atoms with E-state index >= 15 is 0 Å². The fourth-order valence-electron chi connectivity index (χ4n) is 1.59. The summed E-state index contributed by atoms with van der Waals surface area (Å²) in [5, 5.41) is 1.48. The lowest BCUT2D eigenvalue weighted by Gasteiger charge is -2.04. The quantitative estimate of drug-likeness (QED) is 0.705. The van der Waals surface area contributed by atoms with E-state index in [4.69, 9.17) is 11.6 Å². The Morgan fingerprint density at radius 1 is 1.29 bits per heavy atom. The average Bonchev–Trinajstić information content (AvgIpc) is 2.20. The second-order valence-corrected chi connectivity index (χ2v) is 3.59. The van der Waals surface area contributed by atoms with Crippen LogP contribution >= 0.6 is 11.6 Å². The number of rotatable bonds is 2. The molecule has 2 aromatic rings. The maximum Gasteiger partial charge on any atom is 0.140 e. The van der Waals surface area contributed by atoms with Crippen molar-refractivity contribution in [2.75, 3.05) is 0 Å². The van der Waals surface area contributed by atoms with Gasteiger partial charge in [0.15, 0.2) is 0 Å². The molecule has 0 amide bonds. The molecule has 1 aromatic carbocycles. The number of aromatic nitrogens is 2. The standard InChI is InChI=1S/C11H11ClN2/c1-2-4-8-5-3-6-9-10(8)13-7-14-11(9)12/h3,5-7H,2,4H2,1H3. The predicted octanol–water partition coefficient (Wildman–Crippen LogP) is 3.24. The number of hydrogen-bond donors (Lipinski definition) is 0. The molecule has 1 aromatic heterocycles. The number of hydrogen-bond acceptors (Lipinski definition) is 2. The monoisotopic (exact) mass is 206 g/mol. The SMILES string of the molecule is CCCc1cccc2c(Cl)ncnc12. The van der Waals surface area contributed by atoms with Crippen LogP contribution < -0.4 is 0 Å². The van der Waals surface area contributed by atoms with E-state index in [2.05, 4.69) is 23.0 Å². The maximum atomic E-state index is 5.98. The number of halogens is 1. The zero-order valence-corrected chi connectivity index (χ0v) is 8.75. The summed E-state index contributed by atoms with van der Waals surface area (Å²) < 4.78 is 0. The van der Waals surface area contributed by atoms with Crippen LogP contribution in [0.4, 0.5) is 0 Å². The van der Waals surface area contributed by atoms with Crippen LogP contribution in [0.5, 0.6) is 0 Å². The first-order valence-corrected chi connectivity index (χ1v) is 5.09. The van der Waals surface area contributed by atoms with Crippen LogP contribution in [-0.2, 0) is 6.42 Å². The largest absolute Gasteiger partial charge is 0.236 e. The van der Waals surface area contributed by atoms with E-state index < -0.39 is 0 Å². The zero-order valence-electron chi connectivity index (χ0n) is 8.00. The third-order valence-corrected chi connectivity index (χ3v) is 2.52. The van der Waals surface area contributed by atoms with E-state index in [1.54, 1.807) is 0 Å². The molecule has 3 heteroatoms. The molecule has 72 valence electrons. The number of nitrogens with zero attached hydrogens (tertiary/aromatic N) is 2. The molecule has 0 spiro atoms. The van der Waals surface area contributed by atoms with Gasteiger partial charge in [0.25, 0.3) is 0 Å². The van der Waals surface area contributed by atoms with Gasteiger partial charge in [-0.25, -0.2) is 9.97 Å². The highest BCUT2D eigenvalue weighted by atomic mass is 35.5. The third kappa shape index (κ3) is 1.58. The highest BCUT2D eigenvalue weighted by molar-refractivity contribution is 6.34. The molecule has 14 heavy (non-hydrogen) atoms. The normalized spacial score (nSPS) is 10.7. The van der Waals surface area contributed by atoms with Gasteiger partial charge in [-0.2, -0.15) is 0 Å². The van der Waals surface area contributed by atoms with Crippen LogP contribution in [-0.4, -0.2) is 9.97 Å². The van der Waals surface area contributed by atoms with Gasteiger partial charge in [-0.3, -0.25) is 0 Å². The molecule has 0 aliphatic rings. The van der Waals surface area contributed by atoms with Crippen molar-refractivity contribution < 1.29 is 0 Å². The Bertz CT molecular complexity index is 454. The summed E-state index contributed by atoms with van der Waals surface area (Å²) in [6, 6.07) is 6.05. The number of benzene rings is 1. The molecule has 0 aliphatic heterocycles. The Morgan fingerprint density at radius 3 is 2.93 bits per heavy atom. The minimum atomic E-state index is 0.535. The first kappa shape index (κ1) is 9.41. The molecular weight excluding hydrogens is 196 g/mol. The highest BCUT2D eigenvalue weighted by Crippen LogP contribution is 2.22. The van der Waals surface area contributed by atoms with Gasteiger partial charge in [0.1, 0.15) is 11.5 Å². The van der Waals surface area contributed by atoms with Crippen molar-refractivity contribution in [1.82, 2.24) is 9.97 Å². The van der Waals surface area contributed by atoms with E-state index in [1.165, 1.54) is 11.9 Å². The Labute approximate surface area is 88.0 Å². The minimum Gasteiger partial charge on any atom is -0.236 e. The summed E-state index contributed by atoms with van der Waals surface area (Å²) in [5.74, 6) is 0.